The smallest absolute Gasteiger partial charge is 0.264 e. The highest BCUT2D eigenvalue weighted by Crippen LogP contribution is 2.52. The van der Waals surface area contributed by atoms with Crippen LogP contribution in [0, 0.1) is 35.5 Å². The van der Waals surface area contributed by atoms with Gasteiger partial charge in [-0.2, -0.15) is 0 Å². The summed E-state index contributed by atoms with van der Waals surface area (Å²) in [6.07, 6.45) is 21.6. The van der Waals surface area contributed by atoms with Crippen molar-refractivity contribution in [3.63, 3.8) is 0 Å². The van der Waals surface area contributed by atoms with E-state index in [9.17, 15) is 36.6 Å². The predicted molar refractivity (Wildman–Crippen MR) is 374 cm³/mol. The van der Waals surface area contributed by atoms with Crippen LogP contribution in [0.4, 0.5) is 11.4 Å². The Morgan fingerprint density at radius 2 is 0.969 bits per heavy atom. The highest BCUT2D eigenvalue weighted by atomic mass is 35.5. The molecule has 0 radical (unpaired) electrons. The molecule has 516 valence electrons. The van der Waals surface area contributed by atoms with E-state index in [1.807, 2.05) is 61.6 Å². The second-order valence-electron chi connectivity index (χ2n) is 30.0. The number of hydrogen-bond acceptors (Lipinski definition) is 14. The van der Waals surface area contributed by atoms with E-state index in [4.69, 9.17) is 32.7 Å². The average Bonchev–Trinajstić information content (AvgIpc) is 1.40. The van der Waals surface area contributed by atoms with Gasteiger partial charge in [-0.1, -0.05) is 62.0 Å². The molecule has 22 heteroatoms. The maximum absolute atomic E-state index is 13.5. The highest BCUT2D eigenvalue weighted by Gasteiger charge is 2.52. The molecule has 0 unspecified atom stereocenters. The Balaban J connectivity index is 0.000000174. The number of aromatic nitrogens is 4. The third kappa shape index (κ3) is 13.5. The largest absolute Gasteiger partial charge is 0.490 e. The molecular weight excluding hydrogens is 1300 g/mol. The number of aryl methyl sites for hydroxylation is 4. The number of hydrogen-bond donors (Lipinski definition) is 4. The van der Waals surface area contributed by atoms with Gasteiger partial charge >= 0.3 is 0 Å². The van der Waals surface area contributed by atoms with Gasteiger partial charge in [0, 0.05) is 110 Å². The molecule has 14 rings (SSSR count). The molecule has 4 aromatic carbocycles. The van der Waals surface area contributed by atoms with Gasteiger partial charge in [-0.3, -0.25) is 9.59 Å². The normalized spacial score (nSPS) is 31.9. The minimum atomic E-state index is -3.95. The van der Waals surface area contributed by atoms with Crippen LogP contribution in [0.25, 0.3) is 0 Å². The second-order valence-corrected chi connectivity index (χ2v) is 35.0. The van der Waals surface area contributed by atoms with E-state index in [-0.39, 0.29) is 57.5 Å². The quantitative estimate of drug-likeness (QED) is 0.129. The number of imidazole rings is 2. The van der Waals surface area contributed by atoms with E-state index >= 15 is 0 Å². The summed E-state index contributed by atoms with van der Waals surface area (Å²) in [7, 11) is -3.98. The van der Waals surface area contributed by atoms with Gasteiger partial charge < -0.3 is 38.6 Å². The van der Waals surface area contributed by atoms with Crippen molar-refractivity contribution >= 4 is 66.4 Å². The van der Waals surface area contributed by atoms with Crippen LogP contribution in [0.15, 0.2) is 97.6 Å². The molecule has 2 spiro atoms. The predicted octanol–water partition coefficient (Wildman–Crippen LogP) is 11.6. The van der Waals surface area contributed by atoms with Crippen molar-refractivity contribution < 1.29 is 46.1 Å². The van der Waals surface area contributed by atoms with Crippen LogP contribution in [0.2, 0.25) is 10.0 Å². The number of carbonyl (C=O) groups excluding carboxylic acids is 2. The molecule has 2 saturated carbocycles. The number of nitrogens with one attached hydrogen (secondary N) is 2. The summed E-state index contributed by atoms with van der Waals surface area (Å²) in [6, 6.07) is 22.9. The zero-order valence-corrected chi connectivity index (χ0v) is 59.4. The molecule has 4 N–H and O–H groups in total. The van der Waals surface area contributed by atoms with Crippen LogP contribution in [0.1, 0.15) is 172 Å². The molecule has 4 aliphatic heterocycles. The van der Waals surface area contributed by atoms with Crippen molar-refractivity contribution in [3.05, 3.63) is 153 Å². The number of halogens is 2. The van der Waals surface area contributed by atoms with E-state index in [2.05, 4.69) is 53.5 Å². The fraction of sp³-hybridized carbons (Fsp3) is 0.568. The zero-order valence-electron chi connectivity index (χ0n) is 56.2. The van der Waals surface area contributed by atoms with Crippen LogP contribution in [0.3, 0.4) is 0 Å². The molecular formula is C74H94Cl2N8O10S2. The van der Waals surface area contributed by atoms with E-state index in [1.165, 1.54) is 22.3 Å². The molecule has 2 aromatic heterocycles. The monoisotopic (exact) mass is 1390 g/mol. The lowest BCUT2D eigenvalue weighted by Gasteiger charge is -2.50. The number of fused-ring (bicyclic) bond motifs is 8. The maximum Gasteiger partial charge on any atom is 0.264 e. The Kier molecular flexibility index (Phi) is 19.1. The Morgan fingerprint density at radius 3 is 1.34 bits per heavy atom. The van der Waals surface area contributed by atoms with E-state index in [0.717, 1.165) is 97.3 Å². The molecule has 6 aromatic rings. The Bertz CT molecular complexity index is 3890. The Hall–Kier alpha value is -6.16. The summed E-state index contributed by atoms with van der Waals surface area (Å²) < 4.78 is 75.7. The molecule has 18 nitrogen and oxygen atoms in total. The van der Waals surface area contributed by atoms with Crippen molar-refractivity contribution in [1.29, 1.82) is 0 Å². The standard InChI is InChI=1S/2C37H47ClN4O5S/c2*1-24-6-4-15-37(44,20-34-39-16-17-41(34)3)31-11-8-28(31)21-42-22-36(14-5-7-26-18-29(38)10-12-30(26)36)23-47-33-13-9-27(19-32(33)42)35(43)40-48(45,46)25(24)2/h2*9-10,12-13,16-19,24-25,28,31,44H,4-8,11,14-15,20-23H2,1-3H3,(H,40,43)/t24-,25+,28-,31+,36-,37+;24-,25+,28-,31+,36-,37-/m00/s1. The average molecular weight is 1390 g/mol. The summed E-state index contributed by atoms with van der Waals surface area (Å²) in [4.78, 5) is 40.9. The van der Waals surface area contributed by atoms with Crippen LogP contribution in [-0.4, -0.2) is 119 Å². The molecule has 6 heterocycles. The summed E-state index contributed by atoms with van der Waals surface area (Å²) in [5.74, 6) is 1.88. The Morgan fingerprint density at radius 1 is 0.552 bits per heavy atom. The van der Waals surface area contributed by atoms with Gasteiger partial charge in [0.2, 0.25) is 20.0 Å². The van der Waals surface area contributed by atoms with Gasteiger partial charge in [-0.25, -0.2) is 36.2 Å². The molecule has 4 bridgehead atoms. The van der Waals surface area contributed by atoms with E-state index < -0.39 is 53.6 Å². The third-order valence-electron chi connectivity index (χ3n) is 24.1. The lowest BCUT2D eigenvalue weighted by Crippen LogP contribution is -2.54. The summed E-state index contributed by atoms with van der Waals surface area (Å²) in [5.41, 5.74) is 4.55. The summed E-state index contributed by atoms with van der Waals surface area (Å²) >= 11 is 12.9. The van der Waals surface area contributed by atoms with Gasteiger partial charge in [-0.15, -0.1) is 0 Å². The van der Waals surface area contributed by atoms with Gasteiger partial charge in [0.05, 0.1) is 46.3 Å². The summed E-state index contributed by atoms with van der Waals surface area (Å²) in [5, 5.41) is 25.1. The third-order valence-corrected chi connectivity index (χ3v) is 28.4. The minimum Gasteiger partial charge on any atom is -0.490 e. The van der Waals surface area contributed by atoms with Gasteiger partial charge in [0.15, 0.2) is 0 Å². The first-order chi connectivity index (χ1) is 45.7. The molecule has 4 aliphatic carbocycles. The van der Waals surface area contributed by atoms with Crippen LogP contribution >= 0.6 is 23.2 Å². The van der Waals surface area contributed by atoms with Crippen molar-refractivity contribution in [3.8, 4) is 11.5 Å². The molecule has 96 heavy (non-hydrogen) atoms. The van der Waals surface area contributed by atoms with Gasteiger partial charge in [0.25, 0.3) is 11.8 Å². The molecule has 12 atom stereocenters. The van der Waals surface area contributed by atoms with Crippen LogP contribution in [0.5, 0.6) is 11.5 Å². The summed E-state index contributed by atoms with van der Waals surface area (Å²) in [6.45, 7) is 10.8. The van der Waals surface area contributed by atoms with Crippen molar-refractivity contribution in [2.75, 3.05) is 49.2 Å². The number of benzene rings is 4. The first-order valence-electron chi connectivity index (χ1n) is 34.9. The van der Waals surface area contributed by atoms with Crippen molar-refractivity contribution in [2.24, 2.45) is 49.6 Å². The number of sulfonamides is 2. The SMILES string of the molecule is C[C@@H]1[C@@H](C)CCC[C@@](O)(Cc2nccn2C)[C@@H]2CC[C@H]2CN2C[C@@]3(CCCc4cc(Cl)ccc43)COc3ccc(cc32)C(=O)NS1(=O)=O.C[C@@H]1[C@@H](C)CCC[C@](O)(Cc2nccn2C)[C@@H]2CC[C@H]2CN2C[C@@]3(CCCc4cc(Cl)ccc43)COc3ccc(cc32)C(=O)NS1(=O)=O. The van der Waals surface area contributed by atoms with Crippen LogP contribution in [-0.2, 0) is 70.7 Å². The van der Waals surface area contributed by atoms with E-state index in [1.54, 1.807) is 62.6 Å². The first-order valence-corrected chi connectivity index (χ1v) is 38.7. The first kappa shape index (κ1) is 68.4. The van der Waals surface area contributed by atoms with E-state index in [0.29, 0.717) is 102 Å². The fourth-order valence-electron chi connectivity index (χ4n) is 17.7. The lowest BCUT2D eigenvalue weighted by molar-refractivity contribution is -0.0899. The Labute approximate surface area is 576 Å². The van der Waals surface area contributed by atoms with Crippen molar-refractivity contribution in [2.45, 2.75) is 176 Å². The van der Waals surface area contributed by atoms with Crippen molar-refractivity contribution in [1.82, 2.24) is 28.5 Å². The molecule has 2 amide bonds. The highest BCUT2D eigenvalue weighted by molar-refractivity contribution is 7.91. The number of aliphatic hydroxyl groups is 2. The molecule has 2 fully saturated rings. The maximum atomic E-state index is 13.5. The molecule has 8 aliphatic rings. The van der Waals surface area contributed by atoms with Crippen LogP contribution < -0.4 is 28.7 Å². The fourth-order valence-corrected chi connectivity index (χ4v) is 20.7. The number of carbonyl (C=O) groups is 2. The van der Waals surface area contributed by atoms with Gasteiger partial charge in [-0.05, 0) is 222 Å². The number of nitrogens with zero attached hydrogens (tertiary/aromatic N) is 6. The second kappa shape index (κ2) is 26.8. The molecule has 0 saturated heterocycles. The lowest BCUT2D eigenvalue weighted by atomic mass is 9.61. The number of anilines is 2. The number of amides is 2. The zero-order chi connectivity index (χ0) is 67.7. The van der Waals surface area contributed by atoms with Gasteiger partial charge in [0.1, 0.15) is 23.1 Å². The minimum absolute atomic E-state index is 0.0473. The number of ether oxygens (including phenoxy) is 2. The topological polar surface area (TPSA) is 228 Å². The number of rotatable bonds is 4.